The minimum Gasteiger partial charge on any atom is -0.497 e. The fourth-order valence-corrected chi connectivity index (χ4v) is 3.63. The predicted octanol–water partition coefficient (Wildman–Crippen LogP) is 3.74. The van der Waals surface area contributed by atoms with E-state index in [1.54, 1.807) is 7.11 Å². The molecule has 0 N–H and O–H groups in total. The SMILES string of the molecule is COc1ccc2nc3c(cc2c1)C=C(C(=O)c1ccccc1)C1=NCCN13. The summed E-state index contributed by atoms with van der Waals surface area (Å²) in [5.41, 5.74) is 3.11. The lowest BCUT2D eigenvalue weighted by Crippen LogP contribution is -2.35. The van der Waals surface area contributed by atoms with Gasteiger partial charge in [0.1, 0.15) is 17.4 Å². The summed E-state index contributed by atoms with van der Waals surface area (Å²) in [4.78, 5) is 24.6. The number of fused-ring (bicyclic) bond motifs is 4. The highest BCUT2D eigenvalue weighted by Gasteiger charge is 2.32. The Kier molecular flexibility index (Phi) is 3.53. The molecule has 0 bridgehead atoms. The minimum absolute atomic E-state index is 0.0161. The van der Waals surface area contributed by atoms with Gasteiger partial charge in [-0.1, -0.05) is 30.3 Å². The molecule has 3 heterocycles. The molecule has 27 heavy (non-hydrogen) atoms. The van der Waals surface area contributed by atoms with Crippen LogP contribution in [0, 0.1) is 0 Å². The number of benzene rings is 2. The number of hydrogen-bond acceptors (Lipinski definition) is 5. The number of rotatable bonds is 3. The zero-order valence-electron chi connectivity index (χ0n) is 14.8. The largest absolute Gasteiger partial charge is 0.497 e. The van der Waals surface area contributed by atoms with Gasteiger partial charge >= 0.3 is 0 Å². The van der Waals surface area contributed by atoms with Crippen LogP contribution in [0.2, 0.25) is 0 Å². The summed E-state index contributed by atoms with van der Waals surface area (Å²) in [6.07, 6.45) is 1.91. The van der Waals surface area contributed by atoms with Crippen LogP contribution in [0.4, 0.5) is 5.82 Å². The van der Waals surface area contributed by atoms with Crippen LogP contribution in [0.15, 0.2) is 65.2 Å². The summed E-state index contributed by atoms with van der Waals surface area (Å²) in [6, 6.07) is 17.2. The molecule has 0 spiro atoms. The maximum atomic E-state index is 13.1. The average Bonchev–Trinajstić information content (AvgIpc) is 3.21. The molecule has 0 radical (unpaired) electrons. The highest BCUT2D eigenvalue weighted by molar-refractivity contribution is 6.35. The van der Waals surface area contributed by atoms with Crippen molar-refractivity contribution in [2.24, 2.45) is 4.99 Å². The number of carbonyl (C=O) groups is 1. The van der Waals surface area contributed by atoms with Crippen LogP contribution in [-0.2, 0) is 0 Å². The predicted molar refractivity (Wildman–Crippen MR) is 107 cm³/mol. The molecular formula is C22H17N3O2. The van der Waals surface area contributed by atoms with Gasteiger partial charge in [-0.3, -0.25) is 9.79 Å². The molecule has 5 heteroatoms. The maximum absolute atomic E-state index is 13.1. The topological polar surface area (TPSA) is 54.8 Å². The zero-order valence-corrected chi connectivity index (χ0v) is 14.8. The van der Waals surface area contributed by atoms with Crippen molar-refractivity contribution >= 4 is 34.4 Å². The van der Waals surface area contributed by atoms with E-state index >= 15 is 0 Å². The molecule has 5 rings (SSSR count). The minimum atomic E-state index is -0.0161. The Bertz CT molecular complexity index is 1130. The van der Waals surface area contributed by atoms with E-state index in [0.29, 0.717) is 17.7 Å². The molecule has 0 aliphatic carbocycles. The molecular weight excluding hydrogens is 338 g/mol. The lowest BCUT2D eigenvalue weighted by molar-refractivity contribution is 0.104. The number of pyridine rings is 1. The Balaban J connectivity index is 1.69. The lowest BCUT2D eigenvalue weighted by atomic mass is 9.96. The first-order valence-corrected chi connectivity index (χ1v) is 8.87. The summed E-state index contributed by atoms with van der Waals surface area (Å²) in [5, 5.41) is 0.982. The highest BCUT2D eigenvalue weighted by atomic mass is 16.5. The second-order valence-corrected chi connectivity index (χ2v) is 6.57. The van der Waals surface area contributed by atoms with E-state index < -0.39 is 0 Å². The fourth-order valence-electron chi connectivity index (χ4n) is 3.63. The first-order valence-electron chi connectivity index (χ1n) is 8.87. The quantitative estimate of drug-likeness (QED) is 0.672. The summed E-state index contributed by atoms with van der Waals surface area (Å²) >= 11 is 0. The molecule has 0 saturated carbocycles. The second kappa shape index (κ2) is 6.06. The summed E-state index contributed by atoms with van der Waals surface area (Å²) in [7, 11) is 1.65. The number of aliphatic imine (C=N–C) groups is 1. The van der Waals surface area contributed by atoms with E-state index in [9.17, 15) is 4.79 Å². The van der Waals surface area contributed by atoms with E-state index in [0.717, 1.165) is 40.4 Å². The lowest BCUT2D eigenvalue weighted by Gasteiger charge is -2.27. The summed E-state index contributed by atoms with van der Waals surface area (Å²) < 4.78 is 5.33. The van der Waals surface area contributed by atoms with E-state index in [1.807, 2.05) is 54.6 Å². The van der Waals surface area contributed by atoms with Gasteiger partial charge in [0.05, 0.1) is 24.7 Å². The number of nitrogens with zero attached hydrogens (tertiary/aromatic N) is 3. The molecule has 0 fully saturated rings. The molecule has 5 nitrogen and oxygen atoms in total. The van der Waals surface area contributed by atoms with E-state index in [2.05, 4.69) is 16.0 Å². The van der Waals surface area contributed by atoms with Gasteiger partial charge in [-0.05, 0) is 30.3 Å². The summed E-state index contributed by atoms with van der Waals surface area (Å²) in [6.45, 7) is 1.40. The average molecular weight is 355 g/mol. The van der Waals surface area contributed by atoms with Crippen LogP contribution in [0.1, 0.15) is 15.9 Å². The number of ether oxygens (including phenoxy) is 1. The van der Waals surface area contributed by atoms with Crippen LogP contribution in [0.5, 0.6) is 5.75 Å². The van der Waals surface area contributed by atoms with E-state index in [4.69, 9.17) is 9.72 Å². The number of amidine groups is 1. The zero-order chi connectivity index (χ0) is 18.4. The first-order chi connectivity index (χ1) is 13.2. The Labute approximate surface area is 156 Å². The molecule has 0 amide bonds. The van der Waals surface area contributed by atoms with Gasteiger partial charge in [-0.2, -0.15) is 0 Å². The van der Waals surface area contributed by atoms with Gasteiger partial charge < -0.3 is 9.64 Å². The van der Waals surface area contributed by atoms with Gasteiger partial charge in [-0.25, -0.2) is 4.98 Å². The normalized spacial score (nSPS) is 15.1. The Morgan fingerprint density at radius 2 is 1.96 bits per heavy atom. The van der Waals surface area contributed by atoms with Crippen LogP contribution in [0.25, 0.3) is 17.0 Å². The number of methoxy groups -OCH3 is 1. The summed E-state index contributed by atoms with van der Waals surface area (Å²) in [5.74, 6) is 2.34. The van der Waals surface area contributed by atoms with Crippen molar-refractivity contribution in [2.45, 2.75) is 0 Å². The van der Waals surface area contributed by atoms with Gasteiger partial charge in [-0.15, -0.1) is 0 Å². The standard InChI is InChI=1S/C22H17N3O2/c1-27-17-7-8-19-15(12-17)11-16-13-18(20(26)14-5-3-2-4-6-14)22-23-9-10-25(22)21(16)24-19/h2-8,11-13H,9-10H2,1H3. The molecule has 132 valence electrons. The van der Waals surface area contributed by atoms with Gasteiger partial charge in [0.25, 0.3) is 0 Å². The molecule has 0 unspecified atom stereocenters. The Morgan fingerprint density at radius 3 is 2.78 bits per heavy atom. The Hall–Kier alpha value is -3.47. The Morgan fingerprint density at radius 1 is 1.11 bits per heavy atom. The van der Waals surface area contributed by atoms with E-state index in [1.165, 1.54) is 0 Å². The van der Waals surface area contributed by atoms with Crippen LogP contribution >= 0.6 is 0 Å². The van der Waals surface area contributed by atoms with Crippen LogP contribution in [0.3, 0.4) is 0 Å². The third-order valence-electron chi connectivity index (χ3n) is 4.95. The number of aromatic nitrogens is 1. The first kappa shape index (κ1) is 15.8. The van der Waals surface area contributed by atoms with Crippen molar-refractivity contribution in [3.63, 3.8) is 0 Å². The van der Waals surface area contributed by atoms with Crippen molar-refractivity contribution < 1.29 is 9.53 Å². The molecule has 2 aliphatic heterocycles. The van der Waals surface area contributed by atoms with Gasteiger partial charge in [0.15, 0.2) is 5.78 Å². The van der Waals surface area contributed by atoms with Crippen molar-refractivity contribution in [1.29, 1.82) is 0 Å². The smallest absolute Gasteiger partial charge is 0.196 e. The van der Waals surface area contributed by atoms with Gasteiger partial charge in [0, 0.05) is 23.1 Å². The number of hydrogen-bond donors (Lipinski definition) is 0. The van der Waals surface area contributed by atoms with Crippen molar-refractivity contribution in [1.82, 2.24) is 4.98 Å². The fraction of sp³-hybridized carbons (Fsp3) is 0.136. The molecule has 2 aliphatic rings. The third-order valence-corrected chi connectivity index (χ3v) is 4.95. The molecule has 1 aromatic heterocycles. The van der Waals surface area contributed by atoms with Crippen molar-refractivity contribution in [3.8, 4) is 5.75 Å². The van der Waals surface area contributed by atoms with Crippen LogP contribution in [-0.4, -0.2) is 36.8 Å². The molecule has 0 atom stereocenters. The highest BCUT2D eigenvalue weighted by Crippen LogP contribution is 2.34. The second-order valence-electron chi connectivity index (χ2n) is 6.57. The number of ketones is 1. The van der Waals surface area contributed by atoms with Crippen molar-refractivity contribution in [3.05, 3.63) is 71.3 Å². The number of Topliss-reactive ketones (excluding diaryl/α,β-unsaturated/α-hetero) is 1. The molecule has 0 saturated heterocycles. The monoisotopic (exact) mass is 355 g/mol. The third kappa shape index (κ3) is 2.51. The number of carbonyl (C=O) groups excluding carboxylic acids is 1. The van der Waals surface area contributed by atoms with E-state index in [-0.39, 0.29) is 5.78 Å². The molecule has 3 aromatic rings. The number of anilines is 1. The maximum Gasteiger partial charge on any atom is 0.196 e. The van der Waals surface area contributed by atoms with Crippen molar-refractivity contribution in [2.75, 3.05) is 25.1 Å². The molecule has 2 aromatic carbocycles. The van der Waals surface area contributed by atoms with Gasteiger partial charge in [0.2, 0.25) is 0 Å². The van der Waals surface area contributed by atoms with Crippen LogP contribution < -0.4 is 9.64 Å².